The van der Waals surface area contributed by atoms with Gasteiger partial charge in [-0.25, -0.2) is 0 Å². The van der Waals surface area contributed by atoms with E-state index in [1.807, 2.05) is 13.0 Å². The second kappa shape index (κ2) is 5.23. The Kier molecular flexibility index (Phi) is 3.69. The van der Waals surface area contributed by atoms with Gasteiger partial charge in [0.05, 0.1) is 14.2 Å². The van der Waals surface area contributed by atoms with E-state index in [0.29, 0.717) is 0 Å². The van der Waals surface area contributed by atoms with Crippen LogP contribution in [0.4, 0.5) is 0 Å². The van der Waals surface area contributed by atoms with Crippen LogP contribution in [0.1, 0.15) is 17.5 Å². The summed E-state index contributed by atoms with van der Waals surface area (Å²) in [4.78, 5) is 0. The van der Waals surface area contributed by atoms with E-state index in [4.69, 9.17) is 9.47 Å². The highest BCUT2D eigenvalue weighted by Crippen LogP contribution is 2.33. The summed E-state index contributed by atoms with van der Waals surface area (Å²) in [5.74, 6) is 1.82. The lowest BCUT2D eigenvalue weighted by molar-refractivity contribution is 0.399. The van der Waals surface area contributed by atoms with Crippen LogP contribution in [0.2, 0.25) is 0 Å². The van der Waals surface area contributed by atoms with Crippen molar-refractivity contribution in [2.45, 2.75) is 13.3 Å². The molecule has 0 spiro atoms. The molecule has 0 saturated heterocycles. The number of ether oxygens (including phenoxy) is 2. The molecule has 1 aromatic carbocycles. The first kappa shape index (κ1) is 12.0. The molecule has 1 aliphatic heterocycles. The van der Waals surface area contributed by atoms with Crippen molar-refractivity contribution in [1.29, 1.82) is 0 Å². The summed E-state index contributed by atoms with van der Waals surface area (Å²) in [6.07, 6.45) is 3.33. The summed E-state index contributed by atoms with van der Waals surface area (Å²) in [5, 5.41) is 3.37. The topological polar surface area (TPSA) is 30.5 Å². The van der Waals surface area contributed by atoms with Crippen molar-refractivity contribution in [3.8, 4) is 11.5 Å². The van der Waals surface area contributed by atoms with Crippen molar-refractivity contribution in [3.63, 3.8) is 0 Å². The Morgan fingerprint density at radius 3 is 2.47 bits per heavy atom. The lowest BCUT2D eigenvalue weighted by Crippen LogP contribution is -2.21. The van der Waals surface area contributed by atoms with Crippen molar-refractivity contribution < 1.29 is 9.47 Å². The lowest BCUT2D eigenvalue weighted by atomic mass is 9.99. The quantitative estimate of drug-likeness (QED) is 0.869. The molecule has 1 N–H and O–H groups in total. The highest BCUT2D eigenvalue weighted by molar-refractivity contribution is 5.74. The van der Waals surface area contributed by atoms with Crippen molar-refractivity contribution in [1.82, 2.24) is 5.32 Å². The molecule has 0 bridgehead atoms. The number of nitrogens with one attached hydrogen (secondary N) is 1. The van der Waals surface area contributed by atoms with Gasteiger partial charge in [-0.3, -0.25) is 0 Å². The Morgan fingerprint density at radius 1 is 1.12 bits per heavy atom. The van der Waals surface area contributed by atoms with Gasteiger partial charge in [-0.2, -0.15) is 0 Å². The second-order valence-corrected chi connectivity index (χ2v) is 4.22. The van der Waals surface area contributed by atoms with E-state index in [1.54, 1.807) is 14.2 Å². The fourth-order valence-electron chi connectivity index (χ4n) is 2.15. The molecule has 3 heteroatoms. The average molecular weight is 233 g/mol. The Hall–Kier alpha value is -1.48. The maximum absolute atomic E-state index is 5.45. The minimum Gasteiger partial charge on any atom is -0.496 e. The Bertz CT molecular complexity index is 438. The number of hydrogen-bond donors (Lipinski definition) is 1. The van der Waals surface area contributed by atoms with Gasteiger partial charge in [0.15, 0.2) is 0 Å². The third-order valence-corrected chi connectivity index (χ3v) is 3.09. The molecule has 0 fully saturated rings. The maximum atomic E-state index is 5.45. The van der Waals surface area contributed by atoms with E-state index in [0.717, 1.165) is 42.1 Å². The number of rotatable bonds is 3. The maximum Gasteiger partial charge on any atom is 0.126 e. The normalized spacial score (nSPS) is 15.4. The van der Waals surface area contributed by atoms with Gasteiger partial charge >= 0.3 is 0 Å². The minimum atomic E-state index is 0.891. The second-order valence-electron chi connectivity index (χ2n) is 4.22. The molecular formula is C14H19NO2. The van der Waals surface area contributed by atoms with Crippen LogP contribution < -0.4 is 14.8 Å². The van der Waals surface area contributed by atoms with Gasteiger partial charge in [0.1, 0.15) is 11.5 Å². The zero-order valence-electron chi connectivity index (χ0n) is 10.7. The third-order valence-electron chi connectivity index (χ3n) is 3.09. The molecule has 0 amide bonds. The predicted molar refractivity (Wildman–Crippen MR) is 69.7 cm³/mol. The predicted octanol–water partition coefficient (Wildman–Crippen LogP) is 2.39. The molecule has 3 nitrogen and oxygen atoms in total. The van der Waals surface area contributed by atoms with Gasteiger partial charge in [-0.15, -0.1) is 0 Å². The van der Waals surface area contributed by atoms with Crippen molar-refractivity contribution in [2.24, 2.45) is 0 Å². The Balaban J connectivity index is 2.46. The van der Waals surface area contributed by atoms with Gasteiger partial charge in [-0.1, -0.05) is 6.08 Å². The van der Waals surface area contributed by atoms with Gasteiger partial charge in [0.25, 0.3) is 0 Å². The molecule has 1 heterocycles. The molecule has 0 atom stereocenters. The van der Waals surface area contributed by atoms with Crippen LogP contribution >= 0.6 is 0 Å². The minimum absolute atomic E-state index is 0.891. The fraction of sp³-hybridized carbons (Fsp3) is 0.429. The van der Waals surface area contributed by atoms with Crippen molar-refractivity contribution in [3.05, 3.63) is 29.3 Å². The molecule has 0 unspecified atom stereocenters. The fourth-order valence-corrected chi connectivity index (χ4v) is 2.15. The molecule has 92 valence electrons. The standard InChI is InChI=1S/C14H19NO2/c1-10-7-14(17-3)12(8-13(10)16-2)11-5-4-6-15-9-11/h5,7-8,15H,4,6,9H2,1-3H3. The summed E-state index contributed by atoms with van der Waals surface area (Å²) in [5.41, 5.74) is 3.51. The number of methoxy groups -OCH3 is 2. The van der Waals surface area contributed by atoms with Gasteiger partial charge in [0, 0.05) is 12.1 Å². The molecule has 1 aromatic rings. The zero-order valence-corrected chi connectivity index (χ0v) is 10.7. The van der Waals surface area contributed by atoms with Gasteiger partial charge in [-0.05, 0) is 43.2 Å². The first-order chi connectivity index (χ1) is 8.26. The summed E-state index contributed by atoms with van der Waals surface area (Å²) < 4.78 is 10.8. The van der Waals surface area contributed by atoms with Crippen LogP contribution in [0.5, 0.6) is 11.5 Å². The van der Waals surface area contributed by atoms with Gasteiger partial charge in [0.2, 0.25) is 0 Å². The van der Waals surface area contributed by atoms with Crippen LogP contribution in [0.25, 0.3) is 5.57 Å². The number of benzene rings is 1. The van der Waals surface area contributed by atoms with Gasteiger partial charge < -0.3 is 14.8 Å². The first-order valence-corrected chi connectivity index (χ1v) is 5.89. The molecule has 0 saturated carbocycles. The van der Waals surface area contributed by atoms with E-state index < -0.39 is 0 Å². The molecular weight excluding hydrogens is 214 g/mol. The third kappa shape index (κ3) is 2.44. The van der Waals surface area contributed by atoms with Crippen LogP contribution in [0, 0.1) is 6.92 Å². The van der Waals surface area contributed by atoms with Crippen LogP contribution in [0.3, 0.4) is 0 Å². The summed E-state index contributed by atoms with van der Waals surface area (Å²) in [7, 11) is 3.41. The molecule has 2 rings (SSSR count). The van der Waals surface area contributed by atoms with E-state index in [1.165, 1.54) is 5.57 Å². The molecule has 17 heavy (non-hydrogen) atoms. The van der Waals surface area contributed by atoms with E-state index in [9.17, 15) is 0 Å². The first-order valence-electron chi connectivity index (χ1n) is 5.89. The molecule has 0 aromatic heterocycles. The Labute approximate surface area is 102 Å². The summed E-state index contributed by atoms with van der Waals surface area (Å²) in [6, 6.07) is 4.09. The van der Waals surface area contributed by atoms with E-state index >= 15 is 0 Å². The SMILES string of the molecule is COc1cc(C2=CCCNC2)c(OC)cc1C. The zero-order chi connectivity index (χ0) is 12.3. The number of hydrogen-bond acceptors (Lipinski definition) is 3. The summed E-state index contributed by atoms with van der Waals surface area (Å²) >= 11 is 0. The van der Waals surface area contributed by atoms with Crippen LogP contribution in [-0.2, 0) is 0 Å². The van der Waals surface area contributed by atoms with Crippen molar-refractivity contribution in [2.75, 3.05) is 27.3 Å². The molecule has 0 radical (unpaired) electrons. The molecule has 1 aliphatic rings. The van der Waals surface area contributed by atoms with E-state index in [-0.39, 0.29) is 0 Å². The Morgan fingerprint density at radius 2 is 1.88 bits per heavy atom. The number of aryl methyl sites for hydroxylation is 1. The monoisotopic (exact) mass is 233 g/mol. The van der Waals surface area contributed by atoms with Crippen molar-refractivity contribution >= 4 is 5.57 Å². The average Bonchev–Trinajstić information content (AvgIpc) is 2.39. The largest absolute Gasteiger partial charge is 0.496 e. The van der Waals surface area contributed by atoms with E-state index in [2.05, 4.69) is 17.5 Å². The van der Waals surface area contributed by atoms with Crippen LogP contribution in [0.15, 0.2) is 18.2 Å². The molecule has 0 aliphatic carbocycles. The highest BCUT2D eigenvalue weighted by atomic mass is 16.5. The smallest absolute Gasteiger partial charge is 0.126 e. The summed E-state index contributed by atoms with van der Waals surface area (Å²) in [6.45, 7) is 3.97. The highest BCUT2D eigenvalue weighted by Gasteiger charge is 2.13. The van der Waals surface area contributed by atoms with Crippen LogP contribution in [-0.4, -0.2) is 27.3 Å². The lowest BCUT2D eigenvalue weighted by Gasteiger charge is -2.18.